The number of piperazine rings is 1. The van der Waals surface area contributed by atoms with Crippen molar-refractivity contribution in [1.82, 2.24) is 19.9 Å². The Morgan fingerprint density at radius 1 is 1.09 bits per heavy atom. The molecule has 1 amide bonds. The molecule has 1 atom stereocenters. The Bertz CT molecular complexity index is 1150. The van der Waals surface area contributed by atoms with Crippen molar-refractivity contribution in [3.8, 4) is 11.1 Å². The van der Waals surface area contributed by atoms with Gasteiger partial charge >= 0.3 is 6.18 Å². The second-order valence-corrected chi connectivity index (χ2v) is 10.9. The third kappa shape index (κ3) is 6.20. The topological polar surface area (TPSA) is 91.4 Å². The summed E-state index contributed by atoms with van der Waals surface area (Å²) in [7, 11) is -3.74. The van der Waals surface area contributed by atoms with Gasteiger partial charge in [0.05, 0.1) is 4.90 Å². The van der Waals surface area contributed by atoms with Gasteiger partial charge in [0.25, 0.3) is 0 Å². The predicted molar refractivity (Wildman–Crippen MR) is 125 cm³/mol. The van der Waals surface area contributed by atoms with Crippen LogP contribution in [0.5, 0.6) is 0 Å². The van der Waals surface area contributed by atoms with Crippen LogP contribution in [0.2, 0.25) is 0 Å². The van der Waals surface area contributed by atoms with Crippen LogP contribution in [0.4, 0.5) is 13.2 Å². The zero-order chi connectivity index (χ0) is 25.2. The highest BCUT2D eigenvalue weighted by Gasteiger charge is 2.43. The van der Waals surface area contributed by atoms with Crippen LogP contribution in [-0.2, 0) is 14.8 Å². The lowest BCUT2D eigenvalue weighted by Gasteiger charge is -2.38. The van der Waals surface area contributed by atoms with Gasteiger partial charge in [0.1, 0.15) is 6.04 Å². The molecule has 1 aliphatic carbocycles. The molecule has 1 aliphatic heterocycles. The van der Waals surface area contributed by atoms with Gasteiger partial charge in [0.2, 0.25) is 15.9 Å². The summed E-state index contributed by atoms with van der Waals surface area (Å²) in [6, 6.07) is 8.37. The Hall–Kier alpha value is -2.50. The van der Waals surface area contributed by atoms with Crippen molar-refractivity contribution in [3.63, 3.8) is 0 Å². The number of hydrogen-bond donors (Lipinski definition) is 2. The van der Waals surface area contributed by atoms with E-state index in [9.17, 15) is 26.4 Å². The summed E-state index contributed by atoms with van der Waals surface area (Å²) in [4.78, 5) is 18.4. The van der Waals surface area contributed by atoms with Gasteiger partial charge in [-0.05, 0) is 68.0 Å². The van der Waals surface area contributed by atoms with Crippen molar-refractivity contribution < 1.29 is 26.4 Å². The highest BCUT2D eigenvalue weighted by molar-refractivity contribution is 7.89. The molecule has 2 aliphatic rings. The molecule has 0 spiro atoms. The van der Waals surface area contributed by atoms with Gasteiger partial charge in [0.15, 0.2) is 0 Å². The van der Waals surface area contributed by atoms with Crippen molar-refractivity contribution in [2.45, 2.75) is 55.8 Å². The number of aryl methyl sites for hydroxylation is 1. The highest BCUT2D eigenvalue weighted by Crippen LogP contribution is 2.29. The van der Waals surface area contributed by atoms with Crippen LogP contribution in [0.1, 0.15) is 31.4 Å². The van der Waals surface area contributed by atoms with Gasteiger partial charge in [-0.3, -0.25) is 9.78 Å². The van der Waals surface area contributed by atoms with Crippen molar-refractivity contribution in [3.05, 3.63) is 48.3 Å². The Morgan fingerprint density at radius 3 is 2.40 bits per heavy atom. The minimum atomic E-state index is -4.40. The number of nitrogens with one attached hydrogen (secondary N) is 2. The summed E-state index contributed by atoms with van der Waals surface area (Å²) in [6.07, 6.45) is -0.906. The fraction of sp³-hybridized carbons (Fsp3) is 0.500. The molecule has 2 heterocycles. The summed E-state index contributed by atoms with van der Waals surface area (Å²) in [6.45, 7) is 1.85. The molecule has 2 aromatic rings. The van der Waals surface area contributed by atoms with E-state index in [0.717, 1.165) is 16.8 Å². The summed E-state index contributed by atoms with van der Waals surface area (Å²) in [5, 5.41) is 2.41. The van der Waals surface area contributed by atoms with Crippen LogP contribution in [-0.4, -0.2) is 62.1 Å². The molecule has 190 valence electrons. The fourth-order valence-electron chi connectivity index (χ4n) is 4.72. The molecule has 0 radical (unpaired) electrons. The third-order valence-corrected chi connectivity index (χ3v) is 8.21. The summed E-state index contributed by atoms with van der Waals surface area (Å²) in [5.41, 5.74) is 2.70. The van der Waals surface area contributed by atoms with Crippen molar-refractivity contribution in [2.24, 2.45) is 5.92 Å². The van der Waals surface area contributed by atoms with Gasteiger partial charge in [-0.25, -0.2) is 13.1 Å². The van der Waals surface area contributed by atoms with Crippen molar-refractivity contribution >= 4 is 15.9 Å². The monoisotopic (exact) mass is 510 g/mol. The van der Waals surface area contributed by atoms with E-state index in [4.69, 9.17) is 0 Å². The maximum Gasteiger partial charge on any atom is 0.405 e. The zero-order valence-electron chi connectivity index (χ0n) is 19.4. The molecular weight excluding hydrogens is 481 g/mol. The number of alkyl halides is 3. The number of aromatic nitrogens is 1. The molecule has 1 aromatic carbocycles. The number of halogens is 3. The van der Waals surface area contributed by atoms with Gasteiger partial charge in [-0.1, -0.05) is 12.1 Å². The van der Waals surface area contributed by atoms with Crippen LogP contribution in [0.3, 0.4) is 0 Å². The molecule has 0 bridgehead atoms. The maximum absolute atomic E-state index is 13.0. The number of rotatable bonds is 5. The number of hydrogen-bond acceptors (Lipinski definition) is 5. The number of amides is 1. The summed E-state index contributed by atoms with van der Waals surface area (Å²) >= 11 is 0. The van der Waals surface area contributed by atoms with Crippen LogP contribution in [0.25, 0.3) is 11.1 Å². The first-order valence-electron chi connectivity index (χ1n) is 11.7. The molecular formula is C24H29F3N4O3S. The predicted octanol–water partition coefficient (Wildman–Crippen LogP) is 3.26. The second kappa shape index (κ2) is 10.2. The first kappa shape index (κ1) is 25.6. The van der Waals surface area contributed by atoms with E-state index in [1.807, 2.05) is 19.1 Å². The SMILES string of the molecule is Cc1cc(-c2ccc(S(=O)(=O)NC3CCC(C(=O)N4CCNC(C(F)(F)F)C4)CC3)cc2)ccn1. The summed E-state index contributed by atoms with van der Waals surface area (Å²) < 4.78 is 67.6. The fourth-order valence-corrected chi connectivity index (χ4v) is 6.03. The Kier molecular flexibility index (Phi) is 7.48. The van der Waals surface area contributed by atoms with E-state index < -0.39 is 22.2 Å². The van der Waals surface area contributed by atoms with Gasteiger partial charge in [-0.15, -0.1) is 0 Å². The largest absolute Gasteiger partial charge is 0.405 e. The molecule has 11 heteroatoms. The molecule has 7 nitrogen and oxygen atoms in total. The number of sulfonamides is 1. The van der Waals surface area contributed by atoms with Gasteiger partial charge in [-0.2, -0.15) is 13.2 Å². The lowest BCUT2D eigenvalue weighted by atomic mass is 9.85. The van der Waals surface area contributed by atoms with Crippen molar-refractivity contribution in [1.29, 1.82) is 0 Å². The van der Waals surface area contributed by atoms with E-state index in [-0.39, 0.29) is 42.4 Å². The standard InChI is InChI=1S/C24H29F3N4O3S/c1-16-14-19(10-11-28-16)17-4-8-21(9-5-17)35(33,34)30-20-6-2-18(3-7-20)23(32)31-13-12-29-22(15-31)24(25,26)27/h4-5,8-11,14,18,20,22,29-30H,2-3,6-7,12-13,15H2,1H3. The minimum Gasteiger partial charge on any atom is -0.339 e. The maximum atomic E-state index is 13.0. The molecule has 1 saturated carbocycles. The number of carbonyl (C=O) groups is 1. The minimum absolute atomic E-state index is 0.102. The molecule has 35 heavy (non-hydrogen) atoms. The molecule has 1 unspecified atom stereocenters. The van der Waals surface area contributed by atoms with E-state index in [2.05, 4.69) is 15.0 Å². The molecule has 2 fully saturated rings. The lowest BCUT2D eigenvalue weighted by Crippen LogP contribution is -2.59. The summed E-state index contributed by atoms with van der Waals surface area (Å²) in [5.74, 6) is -0.658. The van der Waals surface area contributed by atoms with Crippen LogP contribution < -0.4 is 10.0 Å². The normalized spacial score (nSPS) is 23.8. The Morgan fingerprint density at radius 2 is 1.77 bits per heavy atom. The van der Waals surface area contributed by atoms with Crippen LogP contribution in [0, 0.1) is 12.8 Å². The molecule has 2 N–H and O–H groups in total. The first-order chi connectivity index (χ1) is 16.5. The first-order valence-corrected chi connectivity index (χ1v) is 13.2. The second-order valence-electron chi connectivity index (χ2n) is 9.21. The van der Waals surface area contributed by atoms with Gasteiger partial charge in [0, 0.05) is 43.5 Å². The highest BCUT2D eigenvalue weighted by atomic mass is 32.2. The van der Waals surface area contributed by atoms with Gasteiger partial charge < -0.3 is 10.2 Å². The average Bonchev–Trinajstić information content (AvgIpc) is 2.83. The van der Waals surface area contributed by atoms with Crippen LogP contribution >= 0.6 is 0 Å². The Labute approximate surface area is 203 Å². The quantitative estimate of drug-likeness (QED) is 0.645. The number of pyridine rings is 1. The number of nitrogens with zero attached hydrogens (tertiary/aromatic N) is 2. The van der Waals surface area contributed by atoms with Crippen LogP contribution in [0.15, 0.2) is 47.5 Å². The van der Waals surface area contributed by atoms with E-state index in [1.165, 1.54) is 4.90 Å². The molecule has 1 saturated heterocycles. The smallest absolute Gasteiger partial charge is 0.339 e. The van der Waals surface area contributed by atoms with Crippen molar-refractivity contribution in [2.75, 3.05) is 19.6 Å². The number of carbonyl (C=O) groups excluding carboxylic acids is 1. The van der Waals surface area contributed by atoms with E-state index in [1.54, 1.807) is 30.5 Å². The molecule has 1 aromatic heterocycles. The average molecular weight is 511 g/mol. The number of benzene rings is 1. The van der Waals surface area contributed by atoms with E-state index in [0.29, 0.717) is 25.7 Å². The Balaban J connectivity index is 1.32. The van der Waals surface area contributed by atoms with E-state index >= 15 is 0 Å². The lowest BCUT2D eigenvalue weighted by molar-refractivity contribution is -0.169. The third-order valence-electron chi connectivity index (χ3n) is 6.68. The molecule has 4 rings (SSSR count). The zero-order valence-corrected chi connectivity index (χ0v) is 20.2.